The van der Waals surface area contributed by atoms with E-state index in [0.717, 1.165) is 30.6 Å². The van der Waals surface area contributed by atoms with E-state index in [2.05, 4.69) is 42.9 Å². The molecule has 1 aliphatic carbocycles. The average Bonchev–Trinajstić information content (AvgIpc) is 2.38. The normalized spacial score (nSPS) is 31.6. The Morgan fingerprint density at radius 3 is 2.53 bits per heavy atom. The first-order valence-corrected chi connectivity index (χ1v) is 7.37. The van der Waals surface area contributed by atoms with Gasteiger partial charge in [-0.15, -0.1) is 0 Å². The number of aromatic nitrogens is 1. The molecular weight excluding hydrogens is 234 g/mol. The van der Waals surface area contributed by atoms with Crippen LogP contribution in [0.5, 0.6) is 0 Å². The fourth-order valence-corrected chi connectivity index (χ4v) is 3.77. The molecule has 0 aromatic carbocycles. The van der Waals surface area contributed by atoms with Gasteiger partial charge in [-0.3, -0.25) is 9.88 Å². The molecular formula is C16H27N3. The first kappa shape index (κ1) is 14.5. The molecule has 106 valence electrons. The predicted molar refractivity (Wildman–Crippen MR) is 79.7 cm³/mol. The fourth-order valence-electron chi connectivity index (χ4n) is 3.77. The number of rotatable bonds is 4. The van der Waals surface area contributed by atoms with Gasteiger partial charge >= 0.3 is 0 Å². The van der Waals surface area contributed by atoms with Crippen LogP contribution in [0.25, 0.3) is 0 Å². The molecule has 1 fully saturated rings. The monoisotopic (exact) mass is 261 g/mol. The van der Waals surface area contributed by atoms with E-state index >= 15 is 0 Å². The van der Waals surface area contributed by atoms with Crippen LogP contribution in [0.4, 0.5) is 0 Å². The van der Waals surface area contributed by atoms with Crippen molar-refractivity contribution in [1.82, 2.24) is 9.88 Å². The zero-order valence-electron chi connectivity index (χ0n) is 12.5. The summed E-state index contributed by atoms with van der Waals surface area (Å²) in [5.74, 6) is 1.52. The summed E-state index contributed by atoms with van der Waals surface area (Å²) in [5, 5.41) is 0. The number of hydrogen-bond donors (Lipinski definition) is 1. The molecule has 1 aromatic heterocycles. The van der Waals surface area contributed by atoms with Crippen LogP contribution in [-0.4, -0.2) is 29.0 Å². The van der Waals surface area contributed by atoms with Crippen LogP contribution in [0.3, 0.4) is 0 Å². The van der Waals surface area contributed by atoms with Crippen molar-refractivity contribution in [3.63, 3.8) is 0 Å². The lowest BCUT2D eigenvalue weighted by atomic mass is 9.71. The van der Waals surface area contributed by atoms with Crippen molar-refractivity contribution in [2.75, 3.05) is 13.6 Å². The van der Waals surface area contributed by atoms with Gasteiger partial charge in [0.15, 0.2) is 0 Å². The van der Waals surface area contributed by atoms with E-state index in [1.165, 1.54) is 19.3 Å². The first-order valence-electron chi connectivity index (χ1n) is 7.37. The first-order chi connectivity index (χ1) is 9.05. The highest BCUT2D eigenvalue weighted by molar-refractivity contribution is 5.05. The third-order valence-electron chi connectivity index (χ3n) is 4.58. The molecule has 0 aliphatic heterocycles. The maximum Gasteiger partial charge on any atom is 0.0544 e. The van der Waals surface area contributed by atoms with Gasteiger partial charge in [-0.2, -0.15) is 0 Å². The van der Waals surface area contributed by atoms with Crippen molar-refractivity contribution in [2.24, 2.45) is 17.6 Å². The molecule has 1 saturated carbocycles. The van der Waals surface area contributed by atoms with Gasteiger partial charge in [0.05, 0.1) is 5.69 Å². The topological polar surface area (TPSA) is 42.1 Å². The third kappa shape index (κ3) is 3.34. The van der Waals surface area contributed by atoms with Crippen molar-refractivity contribution in [1.29, 1.82) is 0 Å². The van der Waals surface area contributed by atoms with E-state index in [1.54, 1.807) is 0 Å². The molecule has 2 rings (SSSR count). The van der Waals surface area contributed by atoms with Crippen LogP contribution < -0.4 is 5.73 Å². The van der Waals surface area contributed by atoms with Crippen molar-refractivity contribution >= 4 is 0 Å². The largest absolute Gasteiger partial charge is 0.329 e. The van der Waals surface area contributed by atoms with E-state index in [9.17, 15) is 0 Å². The van der Waals surface area contributed by atoms with E-state index in [0.29, 0.717) is 0 Å². The summed E-state index contributed by atoms with van der Waals surface area (Å²) in [4.78, 5) is 6.87. The summed E-state index contributed by atoms with van der Waals surface area (Å²) in [6, 6.07) is 6.11. The molecule has 19 heavy (non-hydrogen) atoms. The van der Waals surface area contributed by atoms with Crippen LogP contribution in [0.15, 0.2) is 24.4 Å². The smallest absolute Gasteiger partial charge is 0.0544 e. The number of likely N-dealkylation sites (N-methyl/N-ethyl adjacent to an activating group) is 1. The third-order valence-corrected chi connectivity index (χ3v) is 4.58. The number of pyridine rings is 1. The Balaban J connectivity index is 2.11. The van der Waals surface area contributed by atoms with Crippen LogP contribution in [-0.2, 0) is 6.54 Å². The lowest BCUT2D eigenvalue weighted by molar-refractivity contribution is 0.0325. The minimum Gasteiger partial charge on any atom is -0.329 e. The van der Waals surface area contributed by atoms with Gasteiger partial charge in [0.1, 0.15) is 0 Å². The van der Waals surface area contributed by atoms with Gasteiger partial charge in [0.2, 0.25) is 0 Å². The molecule has 1 heterocycles. The molecule has 1 aliphatic rings. The Labute approximate surface area is 117 Å². The standard InChI is InChI=1S/C16H27N3/c1-13-8-14(2)10-16(9-13,12-17)19(3)11-15-6-4-5-7-18-15/h4-7,13-14H,8-12,17H2,1-3H3. The minimum atomic E-state index is 0.147. The van der Waals surface area contributed by atoms with E-state index in [4.69, 9.17) is 5.73 Å². The minimum absolute atomic E-state index is 0.147. The quantitative estimate of drug-likeness (QED) is 0.906. The highest BCUT2D eigenvalue weighted by Gasteiger charge is 2.39. The Hall–Kier alpha value is -0.930. The number of nitrogens with two attached hydrogens (primary N) is 1. The Morgan fingerprint density at radius 1 is 1.32 bits per heavy atom. The van der Waals surface area contributed by atoms with Crippen molar-refractivity contribution in [2.45, 2.75) is 45.2 Å². The maximum atomic E-state index is 6.16. The Kier molecular flexibility index (Phi) is 4.58. The average molecular weight is 261 g/mol. The summed E-state index contributed by atoms with van der Waals surface area (Å²) < 4.78 is 0. The van der Waals surface area contributed by atoms with Crippen LogP contribution in [0.2, 0.25) is 0 Å². The second kappa shape index (κ2) is 6.02. The lowest BCUT2D eigenvalue weighted by Crippen LogP contribution is -2.55. The summed E-state index contributed by atoms with van der Waals surface area (Å²) in [6.07, 6.45) is 5.61. The van der Waals surface area contributed by atoms with Gasteiger partial charge in [0.25, 0.3) is 0 Å². The van der Waals surface area contributed by atoms with Crippen molar-refractivity contribution in [3.8, 4) is 0 Å². The van der Waals surface area contributed by atoms with E-state index in [1.807, 2.05) is 12.3 Å². The van der Waals surface area contributed by atoms with E-state index < -0.39 is 0 Å². The van der Waals surface area contributed by atoms with Crippen molar-refractivity contribution < 1.29 is 0 Å². The molecule has 0 bridgehead atoms. The summed E-state index contributed by atoms with van der Waals surface area (Å²) in [5.41, 5.74) is 7.43. The van der Waals surface area contributed by atoms with Gasteiger partial charge in [-0.25, -0.2) is 0 Å². The zero-order chi connectivity index (χ0) is 13.9. The van der Waals surface area contributed by atoms with Gasteiger partial charge in [-0.1, -0.05) is 19.9 Å². The molecule has 0 amide bonds. The zero-order valence-corrected chi connectivity index (χ0v) is 12.5. The van der Waals surface area contributed by atoms with Gasteiger partial charge in [-0.05, 0) is 50.3 Å². The summed E-state index contributed by atoms with van der Waals surface area (Å²) in [7, 11) is 2.20. The number of hydrogen-bond acceptors (Lipinski definition) is 3. The Bertz CT molecular complexity index is 380. The summed E-state index contributed by atoms with van der Waals surface area (Å²) in [6.45, 7) is 6.34. The van der Waals surface area contributed by atoms with Crippen LogP contribution >= 0.6 is 0 Å². The fraction of sp³-hybridized carbons (Fsp3) is 0.688. The van der Waals surface area contributed by atoms with Gasteiger partial charge < -0.3 is 5.73 Å². The second-order valence-corrected chi connectivity index (χ2v) is 6.46. The molecule has 3 nitrogen and oxygen atoms in total. The molecule has 2 unspecified atom stereocenters. The SMILES string of the molecule is CC1CC(C)CC(CN)(N(C)Cc2ccccn2)C1. The van der Waals surface area contributed by atoms with Crippen LogP contribution in [0, 0.1) is 11.8 Å². The molecule has 1 aromatic rings. The Morgan fingerprint density at radius 2 is 2.00 bits per heavy atom. The van der Waals surface area contributed by atoms with Gasteiger partial charge in [0, 0.05) is 24.8 Å². The number of nitrogens with zero attached hydrogens (tertiary/aromatic N) is 2. The molecule has 0 radical (unpaired) electrons. The molecule has 2 N–H and O–H groups in total. The maximum absolute atomic E-state index is 6.16. The highest BCUT2D eigenvalue weighted by atomic mass is 15.2. The molecule has 3 heteroatoms. The lowest BCUT2D eigenvalue weighted by Gasteiger charge is -2.48. The van der Waals surface area contributed by atoms with Crippen molar-refractivity contribution in [3.05, 3.63) is 30.1 Å². The molecule has 2 atom stereocenters. The summed E-state index contributed by atoms with van der Waals surface area (Å²) >= 11 is 0. The molecule has 0 saturated heterocycles. The van der Waals surface area contributed by atoms with E-state index in [-0.39, 0.29) is 5.54 Å². The highest BCUT2D eigenvalue weighted by Crippen LogP contribution is 2.39. The molecule has 0 spiro atoms. The predicted octanol–water partition coefficient (Wildman–Crippen LogP) is 2.67. The van der Waals surface area contributed by atoms with Crippen LogP contribution in [0.1, 0.15) is 38.8 Å². The second-order valence-electron chi connectivity index (χ2n) is 6.46.